The summed E-state index contributed by atoms with van der Waals surface area (Å²) >= 11 is 0. The molecule has 0 radical (unpaired) electrons. The second kappa shape index (κ2) is 11.0. The average molecular weight is 391 g/mol. The van der Waals surface area contributed by atoms with Crippen LogP contribution < -0.4 is 10.6 Å². The van der Waals surface area contributed by atoms with E-state index in [-0.39, 0.29) is 11.5 Å². The van der Waals surface area contributed by atoms with Gasteiger partial charge >= 0.3 is 5.97 Å². The quantitative estimate of drug-likeness (QED) is 0.400. The highest BCUT2D eigenvalue weighted by Gasteiger charge is 2.28. The van der Waals surface area contributed by atoms with Crippen LogP contribution >= 0.6 is 0 Å². The van der Waals surface area contributed by atoms with Crippen LogP contribution in [-0.2, 0) is 15.9 Å². The van der Waals surface area contributed by atoms with E-state index in [0.29, 0.717) is 5.56 Å². The number of hydrogen-bond acceptors (Lipinski definition) is 5. The monoisotopic (exact) mass is 390 g/mol. The van der Waals surface area contributed by atoms with Gasteiger partial charge < -0.3 is 20.1 Å². The van der Waals surface area contributed by atoms with Crippen molar-refractivity contribution in [3.05, 3.63) is 35.4 Å². The minimum absolute atomic E-state index is 0.00412. The number of guanidine groups is 1. The first-order valence-electron chi connectivity index (χ1n) is 9.98. The number of ether oxygens (including phenoxy) is 2. The maximum Gasteiger partial charge on any atom is 0.337 e. The van der Waals surface area contributed by atoms with Crippen LogP contribution in [0.2, 0.25) is 0 Å². The maximum atomic E-state index is 11.5. The fourth-order valence-corrected chi connectivity index (χ4v) is 3.13. The van der Waals surface area contributed by atoms with Crippen molar-refractivity contribution in [2.75, 3.05) is 53.0 Å². The minimum Gasteiger partial charge on any atom is -0.465 e. The summed E-state index contributed by atoms with van der Waals surface area (Å²) in [5.41, 5.74) is 1.72. The molecule has 1 aliphatic heterocycles. The highest BCUT2D eigenvalue weighted by molar-refractivity contribution is 5.89. The number of carbonyl (C=O) groups is 1. The summed E-state index contributed by atoms with van der Waals surface area (Å²) in [5, 5.41) is 6.71. The van der Waals surface area contributed by atoms with Crippen molar-refractivity contribution in [3.8, 4) is 0 Å². The summed E-state index contributed by atoms with van der Waals surface area (Å²) in [5.74, 6) is 0.518. The number of nitrogens with zero attached hydrogens (tertiary/aromatic N) is 2. The zero-order chi connectivity index (χ0) is 20.4. The summed E-state index contributed by atoms with van der Waals surface area (Å²) < 4.78 is 10.2. The molecule has 1 aromatic rings. The van der Waals surface area contributed by atoms with Crippen molar-refractivity contribution in [1.82, 2.24) is 15.5 Å². The third-order valence-electron chi connectivity index (χ3n) is 4.92. The number of morpholine rings is 1. The highest BCUT2D eigenvalue weighted by Crippen LogP contribution is 2.16. The number of hydrogen-bond donors (Lipinski definition) is 2. The van der Waals surface area contributed by atoms with Crippen LogP contribution in [0.5, 0.6) is 0 Å². The lowest BCUT2D eigenvalue weighted by atomic mass is 10.0. The molecule has 2 rings (SSSR count). The summed E-state index contributed by atoms with van der Waals surface area (Å²) in [4.78, 5) is 18.7. The fraction of sp³-hybridized carbons (Fsp3) is 0.619. The van der Waals surface area contributed by atoms with Crippen molar-refractivity contribution in [3.63, 3.8) is 0 Å². The minimum atomic E-state index is -0.311. The lowest BCUT2D eigenvalue weighted by Crippen LogP contribution is -2.52. The van der Waals surface area contributed by atoms with Gasteiger partial charge in [-0.2, -0.15) is 0 Å². The number of rotatable bonds is 8. The van der Waals surface area contributed by atoms with E-state index >= 15 is 0 Å². The molecule has 156 valence electrons. The highest BCUT2D eigenvalue weighted by atomic mass is 16.5. The van der Waals surface area contributed by atoms with E-state index < -0.39 is 0 Å². The third-order valence-corrected chi connectivity index (χ3v) is 4.92. The predicted molar refractivity (Wildman–Crippen MR) is 112 cm³/mol. The Morgan fingerprint density at radius 1 is 1.21 bits per heavy atom. The van der Waals surface area contributed by atoms with E-state index in [1.807, 2.05) is 12.1 Å². The van der Waals surface area contributed by atoms with E-state index in [9.17, 15) is 4.79 Å². The van der Waals surface area contributed by atoms with E-state index in [0.717, 1.165) is 63.9 Å². The van der Waals surface area contributed by atoms with E-state index in [1.165, 1.54) is 7.11 Å². The molecular weight excluding hydrogens is 356 g/mol. The van der Waals surface area contributed by atoms with Crippen LogP contribution in [-0.4, -0.2) is 75.4 Å². The first kappa shape index (κ1) is 22.2. The van der Waals surface area contributed by atoms with Gasteiger partial charge in [0.1, 0.15) is 0 Å². The average Bonchev–Trinajstić information content (AvgIpc) is 2.72. The first-order chi connectivity index (χ1) is 13.5. The second-order valence-electron chi connectivity index (χ2n) is 7.47. The zero-order valence-electron chi connectivity index (χ0n) is 17.6. The van der Waals surface area contributed by atoms with Crippen LogP contribution in [0, 0.1) is 0 Å². The van der Waals surface area contributed by atoms with Gasteiger partial charge in [-0.1, -0.05) is 12.1 Å². The molecule has 0 aliphatic carbocycles. The summed E-state index contributed by atoms with van der Waals surface area (Å²) in [6, 6.07) is 7.51. The lowest BCUT2D eigenvalue weighted by molar-refractivity contribution is -0.00683. The van der Waals surface area contributed by atoms with Crippen LogP contribution in [0.3, 0.4) is 0 Å². The van der Waals surface area contributed by atoms with Gasteiger partial charge in [-0.3, -0.25) is 9.89 Å². The molecule has 0 aromatic heterocycles. The van der Waals surface area contributed by atoms with Gasteiger partial charge in [0.15, 0.2) is 5.96 Å². The van der Waals surface area contributed by atoms with Gasteiger partial charge in [0.2, 0.25) is 0 Å². The molecule has 0 bridgehead atoms. The predicted octanol–water partition coefficient (Wildman–Crippen LogP) is 1.68. The molecule has 2 N–H and O–H groups in total. The third kappa shape index (κ3) is 6.80. The van der Waals surface area contributed by atoms with Gasteiger partial charge in [0.05, 0.1) is 32.4 Å². The van der Waals surface area contributed by atoms with Gasteiger partial charge in [-0.25, -0.2) is 4.79 Å². The molecule has 1 saturated heterocycles. The Hall–Kier alpha value is -2.12. The molecular formula is C21H34N4O3. The van der Waals surface area contributed by atoms with Crippen molar-refractivity contribution in [2.24, 2.45) is 4.99 Å². The van der Waals surface area contributed by atoms with Gasteiger partial charge in [0.25, 0.3) is 0 Å². The molecule has 1 heterocycles. The fourth-order valence-electron chi connectivity index (χ4n) is 3.13. The molecule has 0 amide bonds. The van der Waals surface area contributed by atoms with Crippen LogP contribution in [0.1, 0.15) is 36.7 Å². The van der Waals surface area contributed by atoms with E-state index in [1.54, 1.807) is 12.1 Å². The first-order valence-corrected chi connectivity index (χ1v) is 9.98. The second-order valence-corrected chi connectivity index (χ2v) is 7.47. The normalized spacial score (nSPS) is 15.9. The van der Waals surface area contributed by atoms with E-state index in [4.69, 9.17) is 14.5 Å². The Bertz CT molecular complexity index is 638. The smallest absolute Gasteiger partial charge is 0.337 e. The molecule has 1 fully saturated rings. The number of aliphatic imine (C=N–C) groups is 1. The molecule has 0 saturated carbocycles. The SMILES string of the molecule is CCNC(=NCC(C)(C)N1CCOCC1)NCCc1ccc(C(=O)OC)cc1. The Labute approximate surface area is 168 Å². The van der Waals surface area contributed by atoms with Crippen LogP contribution in [0.15, 0.2) is 29.3 Å². The number of carbonyl (C=O) groups excluding carboxylic acids is 1. The number of benzene rings is 1. The van der Waals surface area contributed by atoms with Gasteiger partial charge in [-0.05, 0) is 44.9 Å². The van der Waals surface area contributed by atoms with Crippen molar-refractivity contribution >= 4 is 11.9 Å². The zero-order valence-corrected chi connectivity index (χ0v) is 17.6. The van der Waals surface area contributed by atoms with Crippen molar-refractivity contribution in [2.45, 2.75) is 32.7 Å². The molecule has 0 spiro atoms. The van der Waals surface area contributed by atoms with Crippen molar-refractivity contribution in [1.29, 1.82) is 0 Å². The van der Waals surface area contributed by atoms with E-state index in [2.05, 4.69) is 36.3 Å². The number of esters is 1. The Balaban J connectivity index is 1.86. The maximum absolute atomic E-state index is 11.5. The van der Waals surface area contributed by atoms with Gasteiger partial charge in [0, 0.05) is 31.7 Å². The summed E-state index contributed by atoms with van der Waals surface area (Å²) in [6.45, 7) is 12.3. The Morgan fingerprint density at radius 2 is 1.89 bits per heavy atom. The number of methoxy groups -OCH3 is 1. The molecule has 28 heavy (non-hydrogen) atoms. The lowest BCUT2D eigenvalue weighted by Gasteiger charge is -2.39. The molecule has 7 nitrogen and oxygen atoms in total. The topological polar surface area (TPSA) is 75.2 Å². The largest absolute Gasteiger partial charge is 0.465 e. The Morgan fingerprint density at radius 3 is 2.50 bits per heavy atom. The van der Waals surface area contributed by atoms with Crippen LogP contribution in [0.4, 0.5) is 0 Å². The van der Waals surface area contributed by atoms with Gasteiger partial charge in [-0.15, -0.1) is 0 Å². The number of nitrogens with one attached hydrogen (secondary N) is 2. The van der Waals surface area contributed by atoms with Crippen molar-refractivity contribution < 1.29 is 14.3 Å². The molecule has 0 atom stereocenters. The molecule has 1 aliphatic rings. The molecule has 1 aromatic carbocycles. The van der Waals surface area contributed by atoms with Crippen LogP contribution in [0.25, 0.3) is 0 Å². The summed E-state index contributed by atoms with van der Waals surface area (Å²) in [6.07, 6.45) is 0.846. The Kier molecular flexibility index (Phi) is 8.73. The standard InChI is InChI=1S/C21H34N4O3/c1-5-22-20(24-16-21(2,3)25-12-14-28-15-13-25)23-11-10-17-6-8-18(9-7-17)19(26)27-4/h6-9H,5,10-16H2,1-4H3,(H2,22,23,24). The molecule has 0 unspecified atom stereocenters. The molecule has 7 heteroatoms. The summed E-state index contributed by atoms with van der Waals surface area (Å²) in [7, 11) is 1.39.